The molecule has 1 saturated carbocycles. The Morgan fingerprint density at radius 1 is 0.921 bits per heavy atom. The number of hydrogen-bond acceptors (Lipinski definition) is 5. The molecular formula is C30H27N5OS2. The maximum Gasteiger partial charge on any atom is 0.194 e. The van der Waals surface area contributed by atoms with Crippen LogP contribution in [0, 0.1) is 0 Å². The van der Waals surface area contributed by atoms with Crippen molar-refractivity contribution in [2.75, 3.05) is 4.90 Å². The van der Waals surface area contributed by atoms with Gasteiger partial charge in [-0.3, -0.25) is 9.55 Å². The van der Waals surface area contributed by atoms with E-state index in [9.17, 15) is 0 Å². The van der Waals surface area contributed by atoms with Gasteiger partial charge in [-0.1, -0.05) is 29.5 Å². The van der Waals surface area contributed by atoms with Gasteiger partial charge in [0.1, 0.15) is 11.8 Å². The lowest BCUT2D eigenvalue weighted by atomic mass is 10.0. The summed E-state index contributed by atoms with van der Waals surface area (Å²) < 4.78 is 9.58. The van der Waals surface area contributed by atoms with Crippen LogP contribution in [0.5, 0.6) is 5.75 Å². The van der Waals surface area contributed by atoms with Crippen molar-refractivity contribution in [3.05, 3.63) is 103 Å². The quantitative estimate of drug-likeness (QED) is 0.236. The van der Waals surface area contributed by atoms with E-state index >= 15 is 0 Å². The van der Waals surface area contributed by atoms with Crippen LogP contribution in [0.3, 0.4) is 0 Å². The predicted octanol–water partition coefficient (Wildman–Crippen LogP) is 6.98. The molecule has 1 N–H and O–H groups in total. The van der Waals surface area contributed by atoms with Gasteiger partial charge in [0.15, 0.2) is 10.2 Å². The molecular weight excluding hydrogens is 510 g/mol. The standard InChI is InChI=1S/C30H27N5OS2/c37-29-33-27(24-11-5-6-18-31-24)28(35(29)20-14-16-22(17-15-20)36-21-8-1-2-9-21)25-12-7-19-34(25)30-32-23-10-3-4-13-26(23)38-30/h3-7,10-19,21,27-28H,1-2,8-9H2,(H,33,37)/t27-,28+/m1/s1. The number of pyridine rings is 1. The normalized spacial score (nSPS) is 19.8. The zero-order valence-corrected chi connectivity index (χ0v) is 22.4. The molecule has 1 aliphatic heterocycles. The Bertz CT molecular complexity index is 1540. The van der Waals surface area contributed by atoms with Gasteiger partial charge in [-0.25, -0.2) is 4.98 Å². The van der Waals surface area contributed by atoms with Crippen LogP contribution in [-0.4, -0.2) is 25.8 Å². The molecule has 1 saturated heterocycles. The molecule has 2 aromatic carbocycles. The number of nitrogens with one attached hydrogen (secondary N) is 1. The highest BCUT2D eigenvalue weighted by Gasteiger charge is 2.42. The van der Waals surface area contributed by atoms with E-state index in [-0.39, 0.29) is 12.1 Å². The molecule has 0 bridgehead atoms. The number of thiazole rings is 1. The number of anilines is 1. The molecule has 4 heterocycles. The molecule has 0 amide bonds. The third-order valence-electron chi connectivity index (χ3n) is 7.39. The van der Waals surface area contributed by atoms with Crippen LogP contribution in [-0.2, 0) is 0 Å². The molecule has 7 rings (SSSR count). The predicted molar refractivity (Wildman–Crippen MR) is 156 cm³/mol. The van der Waals surface area contributed by atoms with Crippen molar-refractivity contribution in [3.63, 3.8) is 0 Å². The van der Waals surface area contributed by atoms with E-state index in [4.69, 9.17) is 26.9 Å². The minimum Gasteiger partial charge on any atom is -0.490 e. The van der Waals surface area contributed by atoms with Crippen LogP contribution in [0.2, 0.25) is 0 Å². The largest absolute Gasteiger partial charge is 0.490 e. The number of hydrogen-bond donors (Lipinski definition) is 1. The van der Waals surface area contributed by atoms with Gasteiger partial charge in [0.25, 0.3) is 0 Å². The summed E-state index contributed by atoms with van der Waals surface area (Å²) in [6, 6.07) is 26.6. The molecule has 190 valence electrons. The SMILES string of the molecule is S=C1N[C@H](c2ccccn2)[C@H](c2cccn2-c2nc3ccccc3s2)N1c1ccc(OC2CCCC2)cc1. The van der Waals surface area contributed by atoms with Gasteiger partial charge < -0.3 is 15.0 Å². The lowest BCUT2D eigenvalue weighted by Crippen LogP contribution is -2.30. The van der Waals surface area contributed by atoms with E-state index in [1.54, 1.807) is 11.3 Å². The Kier molecular flexibility index (Phi) is 6.06. The van der Waals surface area contributed by atoms with Crippen molar-refractivity contribution in [1.29, 1.82) is 0 Å². The number of para-hydroxylation sites is 1. The van der Waals surface area contributed by atoms with E-state index in [0.29, 0.717) is 11.2 Å². The van der Waals surface area contributed by atoms with Crippen LogP contribution >= 0.6 is 23.6 Å². The first kappa shape index (κ1) is 23.4. The van der Waals surface area contributed by atoms with E-state index in [2.05, 4.69) is 81.6 Å². The van der Waals surface area contributed by atoms with Gasteiger partial charge in [-0.05, 0) is 98.6 Å². The lowest BCUT2D eigenvalue weighted by molar-refractivity contribution is 0.210. The van der Waals surface area contributed by atoms with Crippen molar-refractivity contribution in [1.82, 2.24) is 19.9 Å². The maximum atomic E-state index is 6.23. The molecule has 2 atom stereocenters. The van der Waals surface area contributed by atoms with Crippen LogP contribution in [0.25, 0.3) is 15.3 Å². The summed E-state index contributed by atoms with van der Waals surface area (Å²) in [5.41, 5.74) is 4.06. The third-order valence-corrected chi connectivity index (χ3v) is 8.74. The molecule has 8 heteroatoms. The van der Waals surface area contributed by atoms with Crippen molar-refractivity contribution in [2.24, 2.45) is 0 Å². The Labute approximate surface area is 230 Å². The average molecular weight is 538 g/mol. The highest BCUT2D eigenvalue weighted by atomic mass is 32.1. The number of benzene rings is 2. The zero-order valence-electron chi connectivity index (χ0n) is 20.7. The fourth-order valence-corrected chi connectivity index (χ4v) is 6.91. The molecule has 3 aromatic heterocycles. The van der Waals surface area contributed by atoms with Gasteiger partial charge in [-0.15, -0.1) is 0 Å². The van der Waals surface area contributed by atoms with Crippen molar-refractivity contribution in [3.8, 4) is 10.9 Å². The summed E-state index contributed by atoms with van der Waals surface area (Å²) in [6.45, 7) is 0. The number of rotatable bonds is 6. The lowest BCUT2D eigenvalue weighted by Gasteiger charge is -2.28. The minimum absolute atomic E-state index is 0.124. The average Bonchev–Trinajstić information content (AvgIpc) is 3.75. The van der Waals surface area contributed by atoms with Crippen LogP contribution in [0.1, 0.15) is 49.2 Å². The molecule has 2 aliphatic rings. The van der Waals surface area contributed by atoms with Crippen molar-refractivity contribution < 1.29 is 4.74 Å². The van der Waals surface area contributed by atoms with Crippen molar-refractivity contribution in [2.45, 2.75) is 43.9 Å². The summed E-state index contributed by atoms with van der Waals surface area (Å²) in [7, 11) is 0. The number of aromatic nitrogens is 3. The Balaban J connectivity index is 1.29. The van der Waals surface area contributed by atoms with E-state index in [1.807, 2.05) is 24.4 Å². The van der Waals surface area contributed by atoms with E-state index < -0.39 is 0 Å². The molecule has 0 radical (unpaired) electrons. The summed E-state index contributed by atoms with van der Waals surface area (Å²) >= 11 is 7.63. The summed E-state index contributed by atoms with van der Waals surface area (Å²) in [6.07, 6.45) is 9.02. The zero-order chi connectivity index (χ0) is 25.5. The van der Waals surface area contributed by atoms with Gasteiger partial charge in [0.05, 0.1) is 33.8 Å². The number of ether oxygens (including phenoxy) is 1. The van der Waals surface area contributed by atoms with Gasteiger partial charge in [0, 0.05) is 18.1 Å². The Hall–Kier alpha value is -3.75. The monoisotopic (exact) mass is 537 g/mol. The van der Waals surface area contributed by atoms with E-state index in [1.165, 1.54) is 17.5 Å². The molecule has 0 unspecified atom stereocenters. The third kappa shape index (κ3) is 4.23. The van der Waals surface area contributed by atoms with Gasteiger partial charge in [-0.2, -0.15) is 0 Å². The second-order valence-electron chi connectivity index (χ2n) is 9.78. The van der Waals surface area contributed by atoms with Gasteiger partial charge in [0.2, 0.25) is 0 Å². The topological polar surface area (TPSA) is 55.2 Å². The summed E-state index contributed by atoms with van der Waals surface area (Å²) in [5.74, 6) is 0.911. The fraction of sp³-hybridized carbons (Fsp3) is 0.233. The fourth-order valence-electron chi connectivity index (χ4n) is 5.59. The minimum atomic E-state index is -0.124. The second-order valence-corrected chi connectivity index (χ2v) is 11.2. The highest BCUT2D eigenvalue weighted by molar-refractivity contribution is 7.80. The molecule has 38 heavy (non-hydrogen) atoms. The number of thiocarbonyl (C=S) groups is 1. The first-order chi connectivity index (χ1) is 18.7. The van der Waals surface area contributed by atoms with Gasteiger partial charge >= 0.3 is 0 Å². The number of fused-ring (bicyclic) bond motifs is 1. The van der Waals surface area contributed by atoms with Crippen LogP contribution in [0.4, 0.5) is 5.69 Å². The summed E-state index contributed by atoms with van der Waals surface area (Å²) in [4.78, 5) is 11.8. The first-order valence-corrected chi connectivity index (χ1v) is 14.3. The smallest absolute Gasteiger partial charge is 0.194 e. The maximum absolute atomic E-state index is 6.23. The first-order valence-electron chi connectivity index (χ1n) is 13.1. The molecule has 2 fully saturated rings. The Morgan fingerprint density at radius 3 is 2.53 bits per heavy atom. The second kappa shape index (κ2) is 9.85. The molecule has 6 nitrogen and oxygen atoms in total. The van der Waals surface area contributed by atoms with Crippen LogP contribution in [0.15, 0.2) is 91.3 Å². The number of nitrogens with zero attached hydrogens (tertiary/aromatic N) is 4. The summed E-state index contributed by atoms with van der Waals surface area (Å²) in [5, 5.41) is 5.18. The van der Waals surface area contributed by atoms with Crippen molar-refractivity contribution >= 4 is 44.6 Å². The Morgan fingerprint density at radius 2 is 1.74 bits per heavy atom. The van der Waals surface area contributed by atoms with E-state index in [0.717, 1.165) is 46.3 Å². The van der Waals surface area contributed by atoms with Crippen LogP contribution < -0.4 is 15.0 Å². The highest BCUT2D eigenvalue weighted by Crippen LogP contribution is 2.43. The molecule has 0 spiro atoms. The molecule has 5 aromatic rings. The molecule has 1 aliphatic carbocycles.